The van der Waals surface area contributed by atoms with Gasteiger partial charge in [0.05, 0.1) is 0 Å². The molecule has 2 aromatic heterocycles. The number of carbonyl (C=O) groups excluding carboxylic acids is 2. The smallest absolute Gasteiger partial charge is 0.278 e. The highest BCUT2D eigenvalue weighted by Crippen LogP contribution is 2.16. The van der Waals surface area contributed by atoms with Crippen molar-refractivity contribution < 1.29 is 14.0 Å². The summed E-state index contributed by atoms with van der Waals surface area (Å²) in [4.78, 5) is 26.0. The van der Waals surface area contributed by atoms with Crippen molar-refractivity contribution >= 4 is 23.7 Å². The van der Waals surface area contributed by atoms with E-state index in [1.165, 1.54) is 6.08 Å². The number of anilines is 1. The number of nitrogens with zero attached hydrogens (tertiary/aromatic N) is 3. The lowest BCUT2D eigenvalue weighted by molar-refractivity contribution is -0.111. The molecular weight excluding hydrogens is 298 g/mol. The summed E-state index contributed by atoms with van der Waals surface area (Å²) >= 11 is 0. The molecule has 0 atom stereocenters. The minimum Gasteiger partial charge on any atom is -0.462 e. The van der Waals surface area contributed by atoms with Crippen molar-refractivity contribution in [3.05, 3.63) is 35.4 Å². The van der Waals surface area contributed by atoms with E-state index in [1.807, 2.05) is 13.0 Å². The lowest BCUT2D eigenvalue weighted by Crippen LogP contribution is -2.29. The Balaban J connectivity index is 1.66. The number of likely N-dealkylation sites (tertiary alicyclic amines) is 1. The molecule has 8 nitrogen and oxygen atoms in total. The lowest BCUT2D eigenvalue weighted by atomic mass is 10.3. The number of furan rings is 1. The molecule has 1 saturated heterocycles. The van der Waals surface area contributed by atoms with Crippen LogP contribution in [0.3, 0.4) is 0 Å². The maximum Gasteiger partial charge on any atom is 0.278 e. The van der Waals surface area contributed by atoms with E-state index < -0.39 is 5.91 Å². The van der Waals surface area contributed by atoms with Gasteiger partial charge < -0.3 is 14.6 Å². The van der Waals surface area contributed by atoms with Gasteiger partial charge in [-0.3, -0.25) is 9.59 Å². The minimum atomic E-state index is -0.413. The highest BCUT2D eigenvalue weighted by atomic mass is 16.3. The van der Waals surface area contributed by atoms with Crippen LogP contribution in [0, 0.1) is 6.92 Å². The van der Waals surface area contributed by atoms with Gasteiger partial charge in [-0.1, -0.05) is 0 Å². The largest absolute Gasteiger partial charge is 0.462 e. The first-order valence-electron chi connectivity index (χ1n) is 7.39. The molecule has 3 heterocycles. The lowest BCUT2D eigenvalue weighted by Gasteiger charge is -2.13. The van der Waals surface area contributed by atoms with E-state index >= 15 is 0 Å². The van der Waals surface area contributed by atoms with Gasteiger partial charge in [-0.25, -0.2) is 0 Å². The Morgan fingerprint density at radius 2 is 2.09 bits per heavy atom. The van der Waals surface area contributed by atoms with Crippen molar-refractivity contribution in [3.63, 3.8) is 0 Å². The molecule has 8 heteroatoms. The molecule has 0 unspecified atom stereocenters. The number of hydrogen-bond acceptors (Lipinski definition) is 5. The van der Waals surface area contributed by atoms with Gasteiger partial charge in [-0.2, -0.15) is 5.21 Å². The normalized spacial score (nSPS) is 14.6. The molecule has 0 aliphatic carbocycles. The molecule has 0 bridgehead atoms. The molecule has 3 rings (SSSR count). The summed E-state index contributed by atoms with van der Waals surface area (Å²) in [7, 11) is 0. The topological polar surface area (TPSA) is 104 Å². The predicted octanol–water partition coefficient (Wildman–Crippen LogP) is 1.59. The summed E-state index contributed by atoms with van der Waals surface area (Å²) in [6, 6.07) is 3.57. The van der Waals surface area contributed by atoms with E-state index in [-0.39, 0.29) is 17.4 Å². The van der Waals surface area contributed by atoms with Gasteiger partial charge in [0, 0.05) is 19.2 Å². The molecule has 1 fully saturated rings. The van der Waals surface area contributed by atoms with Gasteiger partial charge in [-0.05, 0) is 38.0 Å². The summed E-state index contributed by atoms with van der Waals surface area (Å²) in [5.41, 5.74) is 0.127. The van der Waals surface area contributed by atoms with Gasteiger partial charge in [0.25, 0.3) is 5.91 Å². The van der Waals surface area contributed by atoms with Gasteiger partial charge in [0.15, 0.2) is 11.5 Å². The maximum absolute atomic E-state index is 12.3. The van der Waals surface area contributed by atoms with Crippen LogP contribution in [-0.4, -0.2) is 45.2 Å². The van der Waals surface area contributed by atoms with E-state index in [9.17, 15) is 9.59 Å². The molecule has 120 valence electrons. The molecule has 1 aliphatic heterocycles. The molecule has 0 aromatic carbocycles. The zero-order chi connectivity index (χ0) is 16.2. The second kappa shape index (κ2) is 6.47. The molecule has 23 heavy (non-hydrogen) atoms. The first kappa shape index (κ1) is 15.0. The number of aromatic amines is 1. The molecule has 0 radical (unpaired) electrons. The van der Waals surface area contributed by atoms with Crippen LogP contribution in [0.1, 0.15) is 34.9 Å². The van der Waals surface area contributed by atoms with E-state index in [1.54, 1.807) is 17.0 Å². The fourth-order valence-corrected chi connectivity index (χ4v) is 2.40. The first-order chi connectivity index (χ1) is 11.1. The maximum atomic E-state index is 12.3. The van der Waals surface area contributed by atoms with Crippen LogP contribution in [0.2, 0.25) is 0 Å². The monoisotopic (exact) mass is 315 g/mol. The van der Waals surface area contributed by atoms with Crippen LogP contribution < -0.4 is 5.32 Å². The van der Waals surface area contributed by atoms with Gasteiger partial charge >= 0.3 is 0 Å². The summed E-state index contributed by atoms with van der Waals surface area (Å²) in [6.07, 6.45) is 4.83. The highest BCUT2D eigenvalue weighted by molar-refractivity contribution is 6.05. The summed E-state index contributed by atoms with van der Waals surface area (Å²) in [5.74, 6) is 0.832. The Morgan fingerprint density at radius 1 is 1.30 bits per heavy atom. The third-order valence-corrected chi connectivity index (χ3v) is 3.55. The second-order valence-electron chi connectivity index (χ2n) is 5.29. The Labute approximate surface area is 132 Å². The molecule has 2 aromatic rings. The summed E-state index contributed by atoms with van der Waals surface area (Å²) in [5, 5.41) is 12.6. The van der Waals surface area contributed by atoms with Crippen LogP contribution in [-0.2, 0) is 4.79 Å². The van der Waals surface area contributed by atoms with E-state index in [0.29, 0.717) is 18.8 Å². The number of nitrogens with one attached hydrogen (secondary N) is 2. The molecule has 0 saturated carbocycles. The van der Waals surface area contributed by atoms with E-state index in [4.69, 9.17) is 4.42 Å². The zero-order valence-electron chi connectivity index (χ0n) is 12.7. The third-order valence-electron chi connectivity index (χ3n) is 3.55. The van der Waals surface area contributed by atoms with Gasteiger partial charge in [0.2, 0.25) is 5.91 Å². The predicted molar refractivity (Wildman–Crippen MR) is 82.6 cm³/mol. The number of rotatable bonds is 4. The SMILES string of the molecule is Cc1ccc(C=CC(=O)Nc2n[nH]nc2C(=O)N2CCCC2)o1. The average Bonchev–Trinajstić information content (AvgIpc) is 3.26. The second-order valence-corrected chi connectivity index (χ2v) is 5.29. The van der Waals surface area contributed by atoms with Crippen molar-refractivity contribution in [2.24, 2.45) is 0 Å². The number of carbonyl (C=O) groups is 2. The van der Waals surface area contributed by atoms with E-state index in [0.717, 1.165) is 18.6 Å². The van der Waals surface area contributed by atoms with Crippen LogP contribution in [0.5, 0.6) is 0 Å². The summed E-state index contributed by atoms with van der Waals surface area (Å²) < 4.78 is 5.34. The van der Waals surface area contributed by atoms with Crippen LogP contribution in [0.4, 0.5) is 5.82 Å². The fraction of sp³-hybridized carbons (Fsp3) is 0.333. The van der Waals surface area contributed by atoms with Crippen molar-refractivity contribution in [2.45, 2.75) is 19.8 Å². The van der Waals surface area contributed by atoms with Crippen molar-refractivity contribution in [2.75, 3.05) is 18.4 Å². The minimum absolute atomic E-state index is 0.127. The highest BCUT2D eigenvalue weighted by Gasteiger charge is 2.25. The number of aromatic nitrogens is 3. The third kappa shape index (κ3) is 3.47. The number of hydrogen-bond donors (Lipinski definition) is 2. The standard InChI is InChI=1S/C15H17N5O3/c1-10-4-5-11(23-10)6-7-12(21)16-14-13(17-19-18-14)15(22)20-8-2-3-9-20/h4-7H,2-3,8-9H2,1H3,(H2,16,17,18,19,21). The van der Waals surface area contributed by atoms with Crippen LogP contribution in [0.15, 0.2) is 22.6 Å². The van der Waals surface area contributed by atoms with Gasteiger partial charge in [-0.15, -0.1) is 10.2 Å². The molecule has 2 N–H and O–H groups in total. The Bertz CT molecular complexity index is 740. The summed E-state index contributed by atoms with van der Waals surface area (Å²) in [6.45, 7) is 3.23. The zero-order valence-corrected chi connectivity index (χ0v) is 12.7. The Hall–Kier alpha value is -2.90. The molecule has 2 amide bonds. The quantitative estimate of drug-likeness (QED) is 0.834. The van der Waals surface area contributed by atoms with E-state index in [2.05, 4.69) is 20.7 Å². The average molecular weight is 315 g/mol. The van der Waals surface area contributed by atoms with Crippen LogP contribution >= 0.6 is 0 Å². The van der Waals surface area contributed by atoms with Crippen LogP contribution in [0.25, 0.3) is 6.08 Å². The van der Waals surface area contributed by atoms with Crippen molar-refractivity contribution in [1.82, 2.24) is 20.3 Å². The molecular formula is C15H17N5O3. The number of H-pyrrole nitrogens is 1. The van der Waals surface area contributed by atoms with Crippen molar-refractivity contribution in [1.29, 1.82) is 0 Å². The molecule has 0 spiro atoms. The van der Waals surface area contributed by atoms with Crippen molar-refractivity contribution in [3.8, 4) is 0 Å². The number of aryl methyl sites for hydroxylation is 1. The first-order valence-corrected chi connectivity index (χ1v) is 7.39. The Kier molecular flexibility index (Phi) is 4.22. The number of amides is 2. The fourth-order valence-electron chi connectivity index (χ4n) is 2.40. The molecule has 1 aliphatic rings. The van der Waals surface area contributed by atoms with Gasteiger partial charge in [0.1, 0.15) is 11.5 Å². The Morgan fingerprint density at radius 3 is 2.78 bits per heavy atom.